The highest BCUT2D eigenvalue weighted by atomic mass is 35.5. The van der Waals surface area contributed by atoms with Crippen molar-refractivity contribution in [2.45, 2.75) is 27.2 Å². The summed E-state index contributed by atoms with van der Waals surface area (Å²) in [6.45, 7) is 8.31. The van der Waals surface area contributed by atoms with E-state index in [1.807, 2.05) is 12.1 Å². The van der Waals surface area contributed by atoms with Gasteiger partial charge in [0.1, 0.15) is 0 Å². The van der Waals surface area contributed by atoms with Gasteiger partial charge in [-0.25, -0.2) is 0 Å². The fourth-order valence-corrected chi connectivity index (χ4v) is 2.36. The molecule has 0 amide bonds. The van der Waals surface area contributed by atoms with Crippen LogP contribution < -0.4 is 10.6 Å². The standard InChI is InChI=1S/C14H23ClN2/c1-14(2,3)10-17(4)13-7-5-6-12(15)11(13)8-9-16/h5-7H,8-10,16H2,1-4H3. The summed E-state index contributed by atoms with van der Waals surface area (Å²) in [6.07, 6.45) is 0.823. The molecule has 3 heteroatoms. The minimum Gasteiger partial charge on any atom is -0.374 e. The lowest BCUT2D eigenvalue weighted by molar-refractivity contribution is 0.418. The Kier molecular flexibility index (Phi) is 4.84. The molecule has 0 aliphatic carbocycles. The van der Waals surface area contributed by atoms with Gasteiger partial charge < -0.3 is 10.6 Å². The predicted molar refractivity (Wildman–Crippen MR) is 76.9 cm³/mol. The van der Waals surface area contributed by atoms with Crippen molar-refractivity contribution in [2.75, 3.05) is 25.0 Å². The fourth-order valence-electron chi connectivity index (χ4n) is 2.09. The van der Waals surface area contributed by atoms with E-state index in [1.165, 1.54) is 5.69 Å². The van der Waals surface area contributed by atoms with E-state index >= 15 is 0 Å². The summed E-state index contributed by atoms with van der Waals surface area (Å²) in [5.41, 5.74) is 8.26. The molecule has 2 N–H and O–H groups in total. The first-order valence-corrected chi connectivity index (χ1v) is 6.41. The Morgan fingerprint density at radius 2 is 1.94 bits per heavy atom. The van der Waals surface area contributed by atoms with E-state index in [9.17, 15) is 0 Å². The lowest BCUT2D eigenvalue weighted by Gasteiger charge is -2.30. The van der Waals surface area contributed by atoms with Gasteiger partial charge in [-0.2, -0.15) is 0 Å². The number of hydrogen-bond donors (Lipinski definition) is 1. The molecule has 0 aromatic heterocycles. The molecular weight excluding hydrogens is 232 g/mol. The number of anilines is 1. The van der Waals surface area contributed by atoms with Crippen LogP contribution in [0.3, 0.4) is 0 Å². The maximum atomic E-state index is 6.24. The molecule has 0 aliphatic heterocycles. The molecule has 0 atom stereocenters. The zero-order valence-electron chi connectivity index (χ0n) is 11.3. The third kappa shape index (κ3) is 4.21. The summed E-state index contributed by atoms with van der Waals surface area (Å²) in [5, 5.41) is 0.814. The van der Waals surface area contributed by atoms with Gasteiger partial charge in [0.15, 0.2) is 0 Å². The van der Waals surface area contributed by atoms with Crippen molar-refractivity contribution in [3.8, 4) is 0 Å². The zero-order chi connectivity index (χ0) is 13.1. The van der Waals surface area contributed by atoms with Gasteiger partial charge in [-0.05, 0) is 36.1 Å². The molecule has 0 spiro atoms. The summed E-state index contributed by atoms with van der Waals surface area (Å²) in [5.74, 6) is 0. The van der Waals surface area contributed by atoms with Crippen LogP contribution in [0, 0.1) is 5.41 Å². The van der Waals surface area contributed by atoms with Crippen LogP contribution in [0.25, 0.3) is 0 Å². The molecule has 0 saturated heterocycles. The first-order valence-electron chi connectivity index (χ1n) is 6.04. The second-order valence-corrected chi connectivity index (χ2v) is 6.10. The highest BCUT2D eigenvalue weighted by molar-refractivity contribution is 6.31. The lowest BCUT2D eigenvalue weighted by Crippen LogP contribution is -2.30. The summed E-state index contributed by atoms with van der Waals surface area (Å²) in [4.78, 5) is 2.26. The minimum atomic E-state index is 0.261. The van der Waals surface area contributed by atoms with Crippen LogP contribution in [-0.4, -0.2) is 20.1 Å². The Morgan fingerprint density at radius 1 is 1.29 bits per heavy atom. The van der Waals surface area contributed by atoms with E-state index in [-0.39, 0.29) is 5.41 Å². The van der Waals surface area contributed by atoms with Crippen LogP contribution in [0.1, 0.15) is 26.3 Å². The van der Waals surface area contributed by atoms with Gasteiger partial charge in [-0.1, -0.05) is 38.4 Å². The van der Waals surface area contributed by atoms with Crippen LogP contribution in [0.4, 0.5) is 5.69 Å². The van der Waals surface area contributed by atoms with E-state index in [4.69, 9.17) is 17.3 Å². The Bertz CT molecular complexity index is 369. The Balaban J connectivity index is 3.00. The van der Waals surface area contributed by atoms with Crippen molar-refractivity contribution in [3.05, 3.63) is 28.8 Å². The summed E-state index contributed by atoms with van der Waals surface area (Å²) >= 11 is 6.24. The van der Waals surface area contributed by atoms with Gasteiger partial charge in [0, 0.05) is 24.3 Å². The maximum absolute atomic E-state index is 6.24. The molecule has 0 saturated carbocycles. The Morgan fingerprint density at radius 3 is 2.47 bits per heavy atom. The monoisotopic (exact) mass is 254 g/mol. The molecule has 0 unspecified atom stereocenters. The molecule has 0 heterocycles. The molecule has 0 fully saturated rings. The first kappa shape index (κ1) is 14.3. The number of benzene rings is 1. The molecule has 0 aliphatic rings. The summed E-state index contributed by atoms with van der Waals surface area (Å²) < 4.78 is 0. The van der Waals surface area contributed by atoms with Gasteiger partial charge >= 0.3 is 0 Å². The third-order valence-electron chi connectivity index (χ3n) is 2.61. The van der Waals surface area contributed by atoms with Crippen LogP contribution in [0.2, 0.25) is 5.02 Å². The number of nitrogens with zero attached hydrogens (tertiary/aromatic N) is 1. The molecule has 0 radical (unpaired) electrons. The SMILES string of the molecule is CN(CC(C)(C)C)c1cccc(Cl)c1CCN. The number of halogens is 1. The van der Waals surface area contributed by atoms with Crippen LogP contribution in [-0.2, 0) is 6.42 Å². The largest absolute Gasteiger partial charge is 0.374 e. The van der Waals surface area contributed by atoms with Crippen LogP contribution in [0.15, 0.2) is 18.2 Å². The van der Waals surface area contributed by atoms with Gasteiger partial charge in [-0.3, -0.25) is 0 Å². The van der Waals surface area contributed by atoms with Gasteiger partial charge in [0.05, 0.1) is 0 Å². The normalized spacial score (nSPS) is 11.6. The molecule has 17 heavy (non-hydrogen) atoms. The highest BCUT2D eigenvalue weighted by Gasteiger charge is 2.16. The van der Waals surface area contributed by atoms with Gasteiger partial charge in [-0.15, -0.1) is 0 Å². The summed E-state index contributed by atoms with van der Waals surface area (Å²) in [6, 6.07) is 6.04. The van der Waals surface area contributed by atoms with E-state index in [0.717, 1.165) is 23.6 Å². The summed E-state index contributed by atoms with van der Waals surface area (Å²) in [7, 11) is 2.11. The van der Waals surface area contributed by atoms with Gasteiger partial charge in [0.25, 0.3) is 0 Å². The van der Waals surface area contributed by atoms with E-state index < -0.39 is 0 Å². The van der Waals surface area contributed by atoms with Crippen molar-refractivity contribution in [1.29, 1.82) is 0 Å². The van der Waals surface area contributed by atoms with E-state index in [1.54, 1.807) is 0 Å². The Hall–Kier alpha value is -0.730. The first-order chi connectivity index (χ1) is 7.85. The van der Waals surface area contributed by atoms with Crippen molar-refractivity contribution in [2.24, 2.45) is 11.1 Å². The molecule has 0 bridgehead atoms. The second-order valence-electron chi connectivity index (χ2n) is 5.69. The van der Waals surface area contributed by atoms with Crippen LogP contribution >= 0.6 is 11.6 Å². The number of rotatable bonds is 4. The van der Waals surface area contributed by atoms with E-state index in [0.29, 0.717) is 6.54 Å². The van der Waals surface area contributed by atoms with Crippen molar-refractivity contribution < 1.29 is 0 Å². The lowest BCUT2D eigenvalue weighted by atomic mass is 9.95. The highest BCUT2D eigenvalue weighted by Crippen LogP contribution is 2.29. The zero-order valence-corrected chi connectivity index (χ0v) is 12.0. The molecular formula is C14H23ClN2. The van der Waals surface area contributed by atoms with Crippen molar-refractivity contribution >= 4 is 17.3 Å². The van der Waals surface area contributed by atoms with E-state index in [2.05, 4.69) is 38.8 Å². The number of hydrogen-bond acceptors (Lipinski definition) is 2. The smallest absolute Gasteiger partial charge is 0.0459 e. The molecule has 1 aromatic rings. The molecule has 1 aromatic carbocycles. The predicted octanol–water partition coefficient (Wildman–Crippen LogP) is 3.32. The number of nitrogens with two attached hydrogens (primary N) is 1. The average Bonchev–Trinajstić information content (AvgIpc) is 2.18. The molecule has 96 valence electrons. The minimum absolute atomic E-state index is 0.261. The topological polar surface area (TPSA) is 29.3 Å². The second kappa shape index (κ2) is 5.74. The third-order valence-corrected chi connectivity index (χ3v) is 2.97. The molecule has 2 nitrogen and oxygen atoms in total. The van der Waals surface area contributed by atoms with Crippen LogP contribution in [0.5, 0.6) is 0 Å². The van der Waals surface area contributed by atoms with Crippen molar-refractivity contribution in [3.63, 3.8) is 0 Å². The Labute approximate surface area is 110 Å². The van der Waals surface area contributed by atoms with Crippen molar-refractivity contribution in [1.82, 2.24) is 0 Å². The molecule has 1 rings (SSSR count). The average molecular weight is 255 g/mol. The quantitative estimate of drug-likeness (QED) is 0.893. The van der Waals surface area contributed by atoms with Gasteiger partial charge in [0.2, 0.25) is 0 Å². The fraction of sp³-hybridized carbons (Fsp3) is 0.571. The maximum Gasteiger partial charge on any atom is 0.0459 e.